The quantitative estimate of drug-likeness (QED) is 0.701. The molecule has 1 aliphatic rings. The molecule has 1 N–H and O–H groups in total. The number of hydrogen-bond acceptors (Lipinski definition) is 3. The third-order valence-electron chi connectivity index (χ3n) is 3.38. The van der Waals surface area contributed by atoms with E-state index in [9.17, 15) is 0 Å². The fourth-order valence-corrected chi connectivity index (χ4v) is 2.11. The number of nitrogens with one attached hydrogen (secondary N) is 1. The predicted octanol–water partition coefficient (Wildman–Crippen LogP) is 2.83. The van der Waals surface area contributed by atoms with Crippen LogP contribution < -0.4 is 10.1 Å². The molecule has 0 radical (unpaired) electrons. The average molecular weight is 274 g/mol. The molecule has 1 aliphatic carbocycles. The first-order chi connectivity index (χ1) is 9.63. The highest BCUT2D eigenvalue weighted by atomic mass is 16.5. The van der Waals surface area contributed by atoms with Crippen LogP contribution >= 0.6 is 0 Å². The lowest BCUT2D eigenvalue weighted by molar-refractivity contribution is 0.247. The highest BCUT2D eigenvalue weighted by Crippen LogP contribution is 2.19. The van der Waals surface area contributed by atoms with Crippen molar-refractivity contribution in [1.82, 2.24) is 10.2 Å². The summed E-state index contributed by atoms with van der Waals surface area (Å²) in [5, 5.41) is 3.51. The van der Waals surface area contributed by atoms with E-state index in [1.54, 1.807) is 0 Å². The van der Waals surface area contributed by atoms with Gasteiger partial charge in [-0.25, -0.2) is 0 Å². The average Bonchev–Trinajstić information content (AvgIpc) is 3.21. The second kappa shape index (κ2) is 7.46. The Morgan fingerprint density at radius 2 is 2.05 bits per heavy atom. The van der Waals surface area contributed by atoms with Gasteiger partial charge >= 0.3 is 0 Å². The highest BCUT2D eigenvalue weighted by Gasteiger charge is 2.19. The predicted molar refractivity (Wildman–Crippen MR) is 84.1 cm³/mol. The molecule has 1 aromatic carbocycles. The number of likely N-dealkylation sites (N-methyl/N-ethyl adjacent to an activating group) is 1. The lowest BCUT2D eigenvalue weighted by Crippen LogP contribution is -2.25. The summed E-state index contributed by atoms with van der Waals surface area (Å²) in [7, 11) is 2.09. The molecular weight excluding hydrogens is 248 g/mol. The van der Waals surface area contributed by atoms with Crippen molar-refractivity contribution in [2.24, 2.45) is 0 Å². The van der Waals surface area contributed by atoms with E-state index in [1.807, 2.05) is 6.92 Å². The van der Waals surface area contributed by atoms with Crippen molar-refractivity contribution in [3.05, 3.63) is 42.0 Å². The van der Waals surface area contributed by atoms with Gasteiger partial charge in [-0.15, -0.1) is 0 Å². The van der Waals surface area contributed by atoms with Crippen LogP contribution in [-0.4, -0.2) is 37.7 Å². The Morgan fingerprint density at radius 3 is 2.65 bits per heavy atom. The van der Waals surface area contributed by atoms with Crippen LogP contribution in [0.2, 0.25) is 0 Å². The first-order valence-electron chi connectivity index (χ1n) is 7.41. The van der Waals surface area contributed by atoms with Gasteiger partial charge in [0.25, 0.3) is 0 Å². The number of benzene rings is 1. The topological polar surface area (TPSA) is 24.5 Å². The monoisotopic (exact) mass is 274 g/mol. The SMILES string of the molecule is C=C(C)CN(C)CCOc1ccc(CNC2CC2)cc1. The summed E-state index contributed by atoms with van der Waals surface area (Å²) in [4.78, 5) is 2.22. The molecule has 2 rings (SSSR count). The molecule has 1 aromatic rings. The van der Waals surface area contributed by atoms with E-state index >= 15 is 0 Å². The molecule has 0 amide bonds. The van der Waals surface area contributed by atoms with Crippen molar-refractivity contribution in [2.75, 3.05) is 26.7 Å². The van der Waals surface area contributed by atoms with E-state index in [4.69, 9.17) is 4.74 Å². The van der Waals surface area contributed by atoms with Crippen LogP contribution in [0.4, 0.5) is 0 Å². The Kier molecular flexibility index (Phi) is 5.62. The Labute approximate surface area is 122 Å². The fourth-order valence-electron chi connectivity index (χ4n) is 2.11. The zero-order valence-corrected chi connectivity index (χ0v) is 12.7. The molecular formula is C17H26N2O. The summed E-state index contributed by atoms with van der Waals surface area (Å²) < 4.78 is 5.76. The van der Waals surface area contributed by atoms with Crippen molar-refractivity contribution in [1.29, 1.82) is 0 Å². The van der Waals surface area contributed by atoms with Gasteiger partial charge in [-0.3, -0.25) is 4.90 Å². The number of hydrogen-bond donors (Lipinski definition) is 1. The van der Waals surface area contributed by atoms with Crippen LogP contribution in [0.25, 0.3) is 0 Å². The van der Waals surface area contributed by atoms with Crippen molar-refractivity contribution >= 4 is 0 Å². The van der Waals surface area contributed by atoms with Crippen molar-refractivity contribution in [2.45, 2.75) is 32.4 Å². The van der Waals surface area contributed by atoms with Gasteiger partial charge in [0, 0.05) is 25.7 Å². The minimum Gasteiger partial charge on any atom is -0.492 e. The number of nitrogens with zero attached hydrogens (tertiary/aromatic N) is 1. The van der Waals surface area contributed by atoms with Gasteiger partial charge in [-0.1, -0.05) is 24.3 Å². The van der Waals surface area contributed by atoms with Crippen LogP contribution in [0.5, 0.6) is 5.75 Å². The first kappa shape index (κ1) is 15.1. The minimum atomic E-state index is 0.712. The first-order valence-corrected chi connectivity index (χ1v) is 7.41. The Bertz CT molecular complexity index is 423. The van der Waals surface area contributed by atoms with Crippen molar-refractivity contribution in [3.63, 3.8) is 0 Å². The molecule has 1 saturated carbocycles. The van der Waals surface area contributed by atoms with E-state index in [2.05, 4.69) is 48.1 Å². The molecule has 0 unspecified atom stereocenters. The van der Waals surface area contributed by atoms with Crippen LogP contribution in [0.1, 0.15) is 25.3 Å². The third kappa shape index (κ3) is 5.76. The maximum Gasteiger partial charge on any atom is 0.119 e. The van der Waals surface area contributed by atoms with Gasteiger partial charge < -0.3 is 10.1 Å². The number of rotatable bonds is 9. The minimum absolute atomic E-state index is 0.712. The van der Waals surface area contributed by atoms with Crippen LogP contribution in [-0.2, 0) is 6.54 Å². The van der Waals surface area contributed by atoms with Gasteiger partial charge in [0.2, 0.25) is 0 Å². The third-order valence-corrected chi connectivity index (χ3v) is 3.38. The molecule has 1 fully saturated rings. The molecule has 0 aromatic heterocycles. The summed E-state index contributed by atoms with van der Waals surface area (Å²) in [5.41, 5.74) is 2.50. The maximum absolute atomic E-state index is 5.76. The van der Waals surface area contributed by atoms with Gasteiger partial charge in [0.05, 0.1) is 0 Å². The van der Waals surface area contributed by atoms with E-state index in [1.165, 1.54) is 24.0 Å². The molecule has 3 nitrogen and oxygen atoms in total. The molecule has 0 heterocycles. The van der Waals surface area contributed by atoms with E-state index in [0.717, 1.165) is 31.4 Å². The van der Waals surface area contributed by atoms with Gasteiger partial charge in [0.1, 0.15) is 12.4 Å². The maximum atomic E-state index is 5.76. The summed E-state index contributed by atoms with van der Waals surface area (Å²) in [6.45, 7) is 9.48. The van der Waals surface area contributed by atoms with E-state index in [0.29, 0.717) is 6.61 Å². The normalized spacial score (nSPS) is 14.6. The summed E-state index contributed by atoms with van der Waals surface area (Å²) in [6, 6.07) is 9.16. The lowest BCUT2D eigenvalue weighted by atomic mass is 10.2. The summed E-state index contributed by atoms with van der Waals surface area (Å²) >= 11 is 0. The molecule has 0 spiro atoms. The Morgan fingerprint density at radius 1 is 1.35 bits per heavy atom. The number of ether oxygens (including phenoxy) is 1. The second-order valence-corrected chi connectivity index (χ2v) is 5.84. The smallest absolute Gasteiger partial charge is 0.119 e. The Hall–Kier alpha value is -1.32. The van der Waals surface area contributed by atoms with Crippen LogP contribution in [0.3, 0.4) is 0 Å². The van der Waals surface area contributed by atoms with Crippen molar-refractivity contribution in [3.8, 4) is 5.75 Å². The summed E-state index contributed by atoms with van der Waals surface area (Å²) in [5.74, 6) is 0.948. The largest absolute Gasteiger partial charge is 0.492 e. The van der Waals surface area contributed by atoms with Crippen molar-refractivity contribution < 1.29 is 4.74 Å². The zero-order valence-electron chi connectivity index (χ0n) is 12.7. The zero-order chi connectivity index (χ0) is 14.4. The van der Waals surface area contributed by atoms with E-state index < -0.39 is 0 Å². The van der Waals surface area contributed by atoms with E-state index in [-0.39, 0.29) is 0 Å². The molecule has 0 aliphatic heterocycles. The standard InChI is InChI=1S/C17H26N2O/c1-14(2)13-19(3)10-11-20-17-8-4-15(5-9-17)12-18-16-6-7-16/h4-5,8-9,16,18H,1,6-7,10-13H2,2-3H3. The van der Waals surface area contributed by atoms with Crippen LogP contribution in [0, 0.1) is 0 Å². The van der Waals surface area contributed by atoms with Gasteiger partial charge in [-0.2, -0.15) is 0 Å². The van der Waals surface area contributed by atoms with Crippen LogP contribution in [0.15, 0.2) is 36.4 Å². The lowest BCUT2D eigenvalue weighted by Gasteiger charge is -2.16. The molecule has 110 valence electrons. The summed E-state index contributed by atoms with van der Waals surface area (Å²) in [6.07, 6.45) is 2.66. The molecule has 3 heteroatoms. The van der Waals surface area contributed by atoms with Gasteiger partial charge in [-0.05, 0) is 44.5 Å². The second-order valence-electron chi connectivity index (χ2n) is 5.84. The van der Waals surface area contributed by atoms with Gasteiger partial charge in [0.15, 0.2) is 0 Å². The highest BCUT2D eigenvalue weighted by molar-refractivity contribution is 5.27. The molecule has 0 saturated heterocycles. The molecule has 0 atom stereocenters. The fraction of sp³-hybridized carbons (Fsp3) is 0.529. The molecule has 0 bridgehead atoms. The Balaban J connectivity index is 1.66. The molecule has 20 heavy (non-hydrogen) atoms.